The van der Waals surface area contributed by atoms with Crippen molar-refractivity contribution in [1.82, 2.24) is 4.98 Å². The molecule has 2 rings (SSSR count). The van der Waals surface area contributed by atoms with Crippen LogP contribution in [0.1, 0.15) is 22.4 Å². The van der Waals surface area contributed by atoms with Gasteiger partial charge in [-0.15, -0.1) is 0 Å². The fourth-order valence-electron chi connectivity index (χ4n) is 1.88. The van der Waals surface area contributed by atoms with E-state index in [1.165, 1.54) is 0 Å². The van der Waals surface area contributed by atoms with Crippen LogP contribution in [0, 0.1) is 30.9 Å². The average Bonchev–Trinajstić information content (AvgIpc) is 2.41. The Morgan fingerprint density at radius 3 is 2.50 bits per heavy atom. The molecule has 1 N–H and O–H groups in total. The van der Waals surface area contributed by atoms with Gasteiger partial charge in [0.25, 0.3) is 5.69 Å². The molecule has 2 aromatic rings. The molecule has 1 aromatic heterocycles. The first-order valence-electron chi connectivity index (χ1n) is 6.38. The molecule has 5 heteroatoms. The highest BCUT2D eigenvalue weighted by atomic mass is 16.6. The number of benzene rings is 1. The van der Waals surface area contributed by atoms with Gasteiger partial charge in [0.15, 0.2) is 0 Å². The van der Waals surface area contributed by atoms with E-state index in [9.17, 15) is 10.1 Å². The van der Waals surface area contributed by atoms with Gasteiger partial charge in [-0.1, -0.05) is 6.07 Å². The topological polar surface area (TPSA) is 68.1 Å². The summed E-state index contributed by atoms with van der Waals surface area (Å²) >= 11 is 0. The van der Waals surface area contributed by atoms with Crippen molar-refractivity contribution in [2.45, 2.75) is 27.3 Å². The van der Waals surface area contributed by atoms with Crippen molar-refractivity contribution in [1.29, 1.82) is 0 Å². The summed E-state index contributed by atoms with van der Waals surface area (Å²) in [4.78, 5) is 15.0. The first-order chi connectivity index (χ1) is 9.47. The van der Waals surface area contributed by atoms with Crippen LogP contribution < -0.4 is 5.32 Å². The van der Waals surface area contributed by atoms with Crippen LogP contribution in [0.2, 0.25) is 0 Å². The van der Waals surface area contributed by atoms with Crippen LogP contribution in [-0.4, -0.2) is 9.91 Å². The molecule has 0 saturated carbocycles. The number of aromatic nitrogens is 1. The second-order valence-corrected chi connectivity index (χ2v) is 4.89. The summed E-state index contributed by atoms with van der Waals surface area (Å²) in [6, 6.07) is 7.29. The van der Waals surface area contributed by atoms with E-state index < -0.39 is 0 Å². The Bertz CT molecular complexity index is 636. The molecule has 104 valence electrons. The number of nitrogens with one attached hydrogen (secondary N) is 1. The molecule has 0 fully saturated rings. The molecule has 1 aromatic carbocycles. The minimum absolute atomic E-state index is 0.0974. The largest absolute Gasteiger partial charge is 0.374 e. The van der Waals surface area contributed by atoms with Crippen molar-refractivity contribution in [3.8, 4) is 0 Å². The molecule has 0 radical (unpaired) electrons. The number of hydrogen-bond donors (Lipinski definition) is 1. The zero-order chi connectivity index (χ0) is 14.7. The molecule has 1 heterocycles. The number of pyridine rings is 1. The number of anilines is 1. The van der Waals surface area contributed by atoms with Crippen molar-refractivity contribution in [3.05, 3.63) is 63.0 Å². The monoisotopic (exact) mass is 271 g/mol. The summed E-state index contributed by atoms with van der Waals surface area (Å²) in [5, 5.41) is 14.2. The predicted octanol–water partition coefficient (Wildman–Crippen LogP) is 3.53. The second kappa shape index (κ2) is 5.69. The van der Waals surface area contributed by atoms with Gasteiger partial charge in [0.05, 0.1) is 17.2 Å². The zero-order valence-corrected chi connectivity index (χ0v) is 11.8. The van der Waals surface area contributed by atoms with E-state index in [4.69, 9.17) is 0 Å². The summed E-state index contributed by atoms with van der Waals surface area (Å²) in [6.45, 7) is 6.24. The Balaban J connectivity index is 2.22. The normalized spacial score (nSPS) is 10.3. The number of rotatable bonds is 4. The summed E-state index contributed by atoms with van der Waals surface area (Å²) < 4.78 is 0. The standard InChI is InChI=1S/C15H17N3O2/c1-10-4-5-13(16-8-10)9-17-14-6-11(2)12(3)7-15(14)18(19)20/h4-8,17H,9H2,1-3H3. The molecule has 0 aliphatic rings. The maximum Gasteiger partial charge on any atom is 0.292 e. The molecule has 20 heavy (non-hydrogen) atoms. The third-order valence-electron chi connectivity index (χ3n) is 3.24. The minimum Gasteiger partial charge on any atom is -0.374 e. The van der Waals surface area contributed by atoms with E-state index in [2.05, 4.69) is 10.3 Å². The van der Waals surface area contributed by atoms with Crippen LogP contribution >= 0.6 is 0 Å². The van der Waals surface area contributed by atoms with Crippen LogP contribution in [0.15, 0.2) is 30.5 Å². The van der Waals surface area contributed by atoms with Crippen LogP contribution in [-0.2, 0) is 6.54 Å². The van der Waals surface area contributed by atoms with E-state index in [-0.39, 0.29) is 10.6 Å². The zero-order valence-electron chi connectivity index (χ0n) is 11.8. The molecule has 0 spiro atoms. The average molecular weight is 271 g/mol. The molecular formula is C15H17N3O2. The van der Waals surface area contributed by atoms with E-state index >= 15 is 0 Å². The van der Waals surface area contributed by atoms with Gasteiger partial charge >= 0.3 is 0 Å². The highest BCUT2D eigenvalue weighted by Gasteiger charge is 2.15. The molecule has 0 amide bonds. The van der Waals surface area contributed by atoms with E-state index in [1.54, 1.807) is 12.3 Å². The lowest BCUT2D eigenvalue weighted by molar-refractivity contribution is -0.384. The Kier molecular flexibility index (Phi) is 3.98. The van der Waals surface area contributed by atoms with Crippen molar-refractivity contribution in [2.24, 2.45) is 0 Å². The van der Waals surface area contributed by atoms with Crippen LogP contribution in [0.25, 0.3) is 0 Å². The molecular weight excluding hydrogens is 254 g/mol. The second-order valence-electron chi connectivity index (χ2n) is 4.89. The quantitative estimate of drug-likeness (QED) is 0.682. The third kappa shape index (κ3) is 3.12. The van der Waals surface area contributed by atoms with E-state index in [1.807, 2.05) is 39.0 Å². The van der Waals surface area contributed by atoms with Gasteiger partial charge in [0, 0.05) is 12.3 Å². The molecule has 0 unspecified atom stereocenters. The smallest absolute Gasteiger partial charge is 0.292 e. The highest BCUT2D eigenvalue weighted by Crippen LogP contribution is 2.28. The summed E-state index contributed by atoms with van der Waals surface area (Å²) in [6.07, 6.45) is 1.78. The fraction of sp³-hybridized carbons (Fsp3) is 0.267. The molecule has 0 bridgehead atoms. The van der Waals surface area contributed by atoms with Crippen molar-refractivity contribution < 1.29 is 4.92 Å². The minimum atomic E-state index is -0.364. The number of hydrogen-bond acceptors (Lipinski definition) is 4. The number of aryl methyl sites for hydroxylation is 3. The van der Waals surface area contributed by atoms with Crippen molar-refractivity contribution in [3.63, 3.8) is 0 Å². The van der Waals surface area contributed by atoms with Gasteiger partial charge in [0.2, 0.25) is 0 Å². The van der Waals surface area contributed by atoms with Gasteiger partial charge in [-0.25, -0.2) is 0 Å². The Morgan fingerprint density at radius 1 is 1.20 bits per heavy atom. The Hall–Kier alpha value is -2.43. The van der Waals surface area contributed by atoms with Crippen LogP contribution in [0.4, 0.5) is 11.4 Å². The van der Waals surface area contributed by atoms with Crippen LogP contribution in [0.3, 0.4) is 0 Å². The molecule has 0 atom stereocenters. The Labute approximate surface area is 117 Å². The fourth-order valence-corrected chi connectivity index (χ4v) is 1.88. The van der Waals surface area contributed by atoms with E-state index in [0.717, 1.165) is 22.4 Å². The van der Waals surface area contributed by atoms with Gasteiger partial charge in [-0.2, -0.15) is 0 Å². The Morgan fingerprint density at radius 2 is 1.90 bits per heavy atom. The van der Waals surface area contributed by atoms with Gasteiger partial charge in [0.1, 0.15) is 5.69 Å². The summed E-state index contributed by atoms with van der Waals surface area (Å²) in [5.74, 6) is 0. The van der Waals surface area contributed by atoms with Crippen molar-refractivity contribution in [2.75, 3.05) is 5.32 Å². The lowest BCUT2D eigenvalue weighted by Gasteiger charge is -2.09. The lowest BCUT2D eigenvalue weighted by atomic mass is 10.1. The molecule has 0 saturated heterocycles. The van der Waals surface area contributed by atoms with Crippen molar-refractivity contribution >= 4 is 11.4 Å². The molecule has 0 aliphatic heterocycles. The molecule has 0 aliphatic carbocycles. The third-order valence-corrected chi connectivity index (χ3v) is 3.24. The highest BCUT2D eigenvalue weighted by molar-refractivity contribution is 5.64. The van der Waals surface area contributed by atoms with Gasteiger partial charge in [-0.05, 0) is 49.6 Å². The first kappa shape index (κ1) is 14.0. The summed E-state index contributed by atoms with van der Waals surface area (Å²) in [5.41, 5.74) is 4.50. The van der Waals surface area contributed by atoms with Gasteiger partial charge in [-0.3, -0.25) is 15.1 Å². The molecule has 5 nitrogen and oxygen atoms in total. The lowest BCUT2D eigenvalue weighted by Crippen LogP contribution is -2.05. The van der Waals surface area contributed by atoms with Gasteiger partial charge < -0.3 is 5.32 Å². The predicted molar refractivity (Wildman–Crippen MR) is 78.9 cm³/mol. The van der Waals surface area contributed by atoms with E-state index in [0.29, 0.717) is 12.2 Å². The number of nitrogens with zero attached hydrogens (tertiary/aromatic N) is 2. The maximum atomic E-state index is 11.1. The summed E-state index contributed by atoms with van der Waals surface area (Å²) in [7, 11) is 0. The number of nitro groups is 1. The first-order valence-corrected chi connectivity index (χ1v) is 6.38. The maximum absolute atomic E-state index is 11.1. The van der Waals surface area contributed by atoms with Crippen LogP contribution in [0.5, 0.6) is 0 Å². The number of nitro benzene ring substituents is 1. The SMILES string of the molecule is Cc1ccc(CNc2cc(C)c(C)cc2[N+](=O)[O-])nc1.